The van der Waals surface area contributed by atoms with Crippen molar-refractivity contribution in [2.45, 2.75) is 13.0 Å². The maximum atomic E-state index is 11.3. The van der Waals surface area contributed by atoms with Crippen molar-refractivity contribution >= 4 is 12.4 Å². The smallest absolute Gasteiger partial charge is 0.329 e. The van der Waals surface area contributed by atoms with Crippen molar-refractivity contribution in [2.24, 2.45) is 0 Å². The van der Waals surface area contributed by atoms with Gasteiger partial charge in [-0.05, 0) is 13.0 Å². The number of likely N-dealkylation sites (N-methyl/N-ethyl adjacent to an activating group) is 1. The molecule has 0 spiro atoms. The standard InChI is InChI=1S/C8H12N2O3/c1-3-13-8(12)7-4-5-10(6-11)9(7)2/h4-7H,3H2,1-2H3. The Bertz CT molecular complexity index is 240. The molecular weight excluding hydrogens is 172 g/mol. The molecule has 0 aromatic heterocycles. The molecule has 1 aliphatic rings. The van der Waals surface area contributed by atoms with E-state index in [1.165, 1.54) is 16.2 Å². The first-order chi connectivity index (χ1) is 6.20. The van der Waals surface area contributed by atoms with Crippen LogP contribution in [0, 0.1) is 0 Å². The molecule has 1 amide bonds. The number of amides is 1. The lowest BCUT2D eigenvalue weighted by molar-refractivity contribution is -0.151. The van der Waals surface area contributed by atoms with Crippen LogP contribution in [0.1, 0.15) is 6.92 Å². The van der Waals surface area contributed by atoms with Crippen molar-refractivity contribution in [3.63, 3.8) is 0 Å². The lowest BCUT2D eigenvalue weighted by Crippen LogP contribution is -2.41. The number of hydrazine groups is 1. The van der Waals surface area contributed by atoms with E-state index >= 15 is 0 Å². The summed E-state index contributed by atoms with van der Waals surface area (Å²) in [7, 11) is 1.65. The van der Waals surface area contributed by atoms with Gasteiger partial charge in [-0.1, -0.05) is 0 Å². The van der Waals surface area contributed by atoms with Crippen LogP contribution >= 0.6 is 0 Å². The zero-order chi connectivity index (χ0) is 9.84. The third-order valence-electron chi connectivity index (χ3n) is 1.82. The molecule has 5 heteroatoms. The molecule has 0 saturated carbocycles. The van der Waals surface area contributed by atoms with Gasteiger partial charge in [-0.25, -0.2) is 4.79 Å². The van der Waals surface area contributed by atoms with Gasteiger partial charge in [-0.2, -0.15) is 5.01 Å². The second-order valence-corrected chi connectivity index (χ2v) is 2.60. The third-order valence-corrected chi connectivity index (χ3v) is 1.82. The zero-order valence-electron chi connectivity index (χ0n) is 7.64. The topological polar surface area (TPSA) is 49.9 Å². The summed E-state index contributed by atoms with van der Waals surface area (Å²) in [5, 5.41) is 2.80. The van der Waals surface area contributed by atoms with Gasteiger partial charge in [0.1, 0.15) is 6.04 Å². The molecule has 0 fully saturated rings. The molecule has 0 radical (unpaired) electrons. The molecule has 1 unspecified atom stereocenters. The lowest BCUT2D eigenvalue weighted by atomic mass is 10.3. The predicted molar refractivity (Wildman–Crippen MR) is 45.2 cm³/mol. The minimum Gasteiger partial charge on any atom is -0.465 e. The zero-order valence-corrected chi connectivity index (χ0v) is 7.64. The SMILES string of the molecule is CCOC(=O)C1C=CN(C=O)N1C. The number of carbonyl (C=O) groups excluding carboxylic acids is 2. The molecule has 1 atom stereocenters. The van der Waals surface area contributed by atoms with E-state index in [1.807, 2.05) is 0 Å². The average Bonchev–Trinajstić information content (AvgIpc) is 2.47. The summed E-state index contributed by atoms with van der Waals surface area (Å²) < 4.78 is 4.81. The summed E-state index contributed by atoms with van der Waals surface area (Å²) in [5.41, 5.74) is 0. The Morgan fingerprint density at radius 2 is 2.38 bits per heavy atom. The van der Waals surface area contributed by atoms with Crippen molar-refractivity contribution in [1.82, 2.24) is 10.0 Å². The Labute approximate surface area is 76.5 Å². The molecule has 0 aromatic rings. The molecule has 13 heavy (non-hydrogen) atoms. The number of carbonyl (C=O) groups is 2. The first-order valence-corrected chi connectivity index (χ1v) is 4.02. The third kappa shape index (κ3) is 1.86. The van der Waals surface area contributed by atoms with Crippen molar-refractivity contribution < 1.29 is 14.3 Å². The van der Waals surface area contributed by atoms with Gasteiger partial charge in [0.05, 0.1) is 6.61 Å². The molecule has 0 saturated heterocycles. The van der Waals surface area contributed by atoms with Crippen molar-refractivity contribution in [1.29, 1.82) is 0 Å². The predicted octanol–water partition coefficient (Wildman–Crippen LogP) is -0.249. The van der Waals surface area contributed by atoms with E-state index in [1.54, 1.807) is 20.0 Å². The van der Waals surface area contributed by atoms with E-state index in [0.29, 0.717) is 13.0 Å². The van der Waals surface area contributed by atoms with Crippen LogP contribution in [0.25, 0.3) is 0 Å². The summed E-state index contributed by atoms with van der Waals surface area (Å²) in [5.74, 6) is -0.342. The van der Waals surface area contributed by atoms with Crippen LogP contribution in [0.5, 0.6) is 0 Å². The fraction of sp³-hybridized carbons (Fsp3) is 0.500. The number of esters is 1. The molecule has 0 N–H and O–H groups in total. The number of hydrogen-bond donors (Lipinski definition) is 0. The van der Waals surface area contributed by atoms with Crippen LogP contribution in [-0.2, 0) is 14.3 Å². The first-order valence-electron chi connectivity index (χ1n) is 4.02. The first kappa shape index (κ1) is 9.73. The van der Waals surface area contributed by atoms with Gasteiger partial charge >= 0.3 is 5.97 Å². The van der Waals surface area contributed by atoms with Crippen LogP contribution in [-0.4, -0.2) is 42.1 Å². The Kier molecular flexibility index (Phi) is 3.02. The summed E-state index contributed by atoms with van der Waals surface area (Å²) in [6, 6.07) is -0.481. The van der Waals surface area contributed by atoms with Crippen molar-refractivity contribution in [3.05, 3.63) is 12.3 Å². The van der Waals surface area contributed by atoms with Crippen molar-refractivity contribution in [3.8, 4) is 0 Å². The van der Waals surface area contributed by atoms with Crippen LogP contribution in [0.3, 0.4) is 0 Å². The lowest BCUT2D eigenvalue weighted by Gasteiger charge is -2.23. The molecule has 0 aromatic carbocycles. The Morgan fingerprint density at radius 3 is 2.85 bits per heavy atom. The quantitative estimate of drug-likeness (QED) is 0.448. The van der Waals surface area contributed by atoms with E-state index in [4.69, 9.17) is 4.74 Å². The van der Waals surface area contributed by atoms with E-state index in [2.05, 4.69) is 0 Å². The van der Waals surface area contributed by atoms with E-state index in [9.17, 15) is 9.59 Å². The summed E-state index contributed by atoms with van der Waals surface area (Å²) in [4.78, 5) is 21.7. The van der Waals surface area contributed by atoms with Gasteiger partial charge in [-0.15, -0.1) is 0 Å². The van der Waals surface area contributed by atoms with E-state index in [-0.39, 0.29) is 5.97 Å². The minimum atomic E-state index is -0.481. The van der Waals surface area contributed by atoms with Gasteiger partial charge in [0.2, 0.25) is 6.41 Å². The van der Waals surface area contributed by atoms with Crippen LogP contribution < -0.4 is 0 Å². The van der Waals surface area contributed by atoms with E-state index < -0.39 is 6.04 Å². The fourth-order valence-electron chi connectivity index (χ4n) is 1.11. The van der Waals surface area contributed by atoms with Crippen LogP contribution in [0.4, 0.5) is 0 Å². The Morgan fingerprint density at radius 1 is 1.69 bits per heavy atom. The monoisotopic (exact) mass is 184 g/mol. The highest BCUT2D eigenvalue weighted by molar-refractivity contribution is 5.79. The molecule has 0 aliphatic carbocycles. The molecule has 72 valence electrons. The summed E-state index contributed by atoms with van der Waals surface area (Å²) in [6.07, 6.45) is 3.79. The largest absolute Gasteiger partial charge is 0.465 e. The molecule has 1 rings (SSSR count). The number of nitrogens with zero attached hydrogens (tertiary/aromatic N) is 2. The normalized spacial score (nSPS) is 22.0. The minimum absolute atomic E-state index is 0.342. The molecule has 1 heterocycles. The molecule has 5 nitrogen and oxygen atoms in total. The average molecular weight is 184 g/mol. The van der Waals surface area contributed by atoms with Crippen molar-refractivity contribution in [2.75, 3.05) is 13.7 Å². The Balaban J connectivity index is 2.59. The Hall–Kier alpha value is -1.36. The van der Waals surface area contributed by atoms with Gasteiger partial charge in [0, 0.05) is 13.2 Å². The van der Waals surface area contributed by atoms with Crippen LogP contribution in [0.15, 0.2) is 12.3 Å². The highest BCUT2D eigenvalue weighted by Crippen LogP contribution is 2.12. The van der Waals surface area contributed by atoms with Gasteiger partial charge < -0.3 is 4.74 Å². The molecular formula is C8H12N2O3. The molecule has 0 bridgehead atoms. The maximum absolute atomic E-state index is 11.3. The number of ether oxygens (including phenoxy) is 1. The maximum Gasteiger partial charge on any atom is 0.329 e. The second-order valence-electron chi connectivity index (χ2n) is 2.60. The number of rotatable bonds is 3. The van der Waals surface area contributed by atoms with Gasteiger partial charge in [-0.3, -0.25) is 9.80 Å². The summed E-state index contributed by atoms with van der Waals surface area (Å²) in [6.45, 7) is 2.09. The number of hydrogen-bond acceptors (Lipinski definition) is 4. The summed E-state index contributed by atoms with van der Waals surface area (Å²) >= 11 is 0. The van der Waals surface area contributed by atoms with E-state index in [0.717, 1.165) is 0 Å². The molecule has 1 aliphatic heterocycles. The highest BCUT2D eigenvalue weighted by atomic mass is 16.5. The highest BCUT2D eigenvalue weighted by Gasteiger charge is 2.29. The second kappa shape index (κ2) is 4.04. The van der Waals surface area contributed by atoms with Gasteiger partial charge in [0.15, 0.2) is 0 Å². The fourth-order valence-corrected chi connectivity index (χ4v) is 1.11. The van der Waals surface area contributed by atoms with Crippen LogP contribution in [0.2, 0.25) is 0 Å². The van der Waals surface area contributed by atoms with Gasteiger partial charge in [0.25, 0.3) is 0 Å².